The van der Waals surface area contributed by atoms with Gasteiger partial charge in [-0.15, -0.1) is 0 Å². The number of carbonyl (C=O) groups is 2. The second-order valence-electron chi connectivity index (χ2n) is 1.47. The van der Waals surface area contributed by atoms with Crippen LogP contribution >= 0.6 is 0 Å². The molecule has 0 atom stereocenters. The first kappa shape index (κ1) is 11.7. The monoisotopic (exact) mass is 135 g/mol. The van der Waals surface area contributed by atoms with Gasteiger partial charge in [-0.2, -0.15) is 0 Å². The van der Waals surface area contributed by atoms with Crippen molar-refractivity contribution in [3.8, 4) is 0 Å². The molecule has 0 aromatic heterocycles. The molecule has 0 amide bonds. The highest BCUT2D eigenvalue weighted by atomic mass is 16.1. The first-order chi connectivity index (χ1) is 3.79. The minimum absolute atomic E-state index is 0. The molecule has 3 heteroatoms. The maximum Gasteiger partial charge on any atom is 0.178 e. The van der Waals surface area contributed by atoms with Gasteiger partial charge >= 0.3 is 0 Å². The number of carbonyl (C=O) groups excluding carboxylic acids is 2. The van der Waals surface area contributed by atoms with E-state index in [0.29, 0.717) is 0 Å². The molecule has 0 fully saturated rings. The molecule has 0 spiro atoms. The number of rotatable bonds is 0. The summed E-state index contributed by atoms with van der Waals surface area (Å²) >= 11 is 0. The number of hydrogen-bond acceptors (Lipinski definition) is 2. The molecule has 0 aromatic carbocycles. The zero-order chi connectivity index (χ0) is 5.98. The number of allylic oxidation sites excluding steroid dienone is 4. The molecule has 0 saturated carbocycles. The predicted octanol–water partition coefficient (Wildman–Crippen LogP) is 0.506. The Morgan fingerprint density at radius 3 is 1.20 bits per heavy atom. The zero-order valence-electron chi connectivity index (χ0n) is 4.70. The largest absolute Gasteiger partial charge is 0.290 e. The van der Waals surface area contributed by atoms with Crippen molar-refractivity contribution in [3.05, 3.63) is 24.3 Å². The summed E-state index contributed by atoms with van der Waals surface area (Å²) in [6.07, 6.45) is 5.01. The summed E-state index contributed by atoms with van der Waals surface area (Å²) in [5, 5.41) is 0. The summed E-state index contributed by atoms with van der Waals surface area (Å²) in [5.74, 6) is -0.241. The van der Waals surface area contributed by atoms with E-state index in [2.05, 4.69) is 0 Å². The van der Waals surface area contributed by atoms with E-state index in [1.807, 2.05) is 0 Å². The Bertz CT molecular complexity index is 154. The van der Waals surface area contributed by atoms with Gasteiger partial charge in [-0.25, -0.2) is 0 Å². The number of ketones is 2. The molecule has 2 nitrogen and oxygen atoms in total. The van der Waals surface area contributed by atoms with Crippen molar-refractivity contribution >= 4 is 20.0 Å². The molecule has 0 N–H and O–H groups in total. The fourth-order valence-electron chi connectivity index (χ4n) is 0.440. The molecule has 0 aromatic rings. The summed E-state index contributed by atoms with van der Waals surface area (Å²) in [6, 6.07) is 0. The van der Waals surface area contributed by atoms with Crippen LogP contribution in [0.5, 0.6) is 0 Å². The first-order valence-electron chi connectivity index (χ1n) is 2.23. The molecule has 1 aliphatic rings. The van der Waals surface area contributed by atoms with E-state index >= 15 is 0 Å². The highest BCUT2D eigenvalue weighted by molar-refractivity contribution is 6.14. The van der Waals surface area contributed by atoms with Crippen molar-refractivity contribution in [2.24, 2.45) is 0 Å². The molecule has 0 unspecified atom stereocenters. The van der Waals surface area contributed by atoms with E-state index in [-0.39, 0.29) is 27.4 Å². The van der Waals surface area contributed by atoms with Gasteiger partial charge in [0.05, 0.1) is 0 Å². The summed E-state index contributed by atoms with van der Waals surface area (Å²) in [7, 11) is 0. The normalized spacial score (nSPS) is 14.0. The molecule has 1 aliphatic carbocycles. The lowest BCUT2D eigenvalue weighted by Gasteiger charge is -1.87. The van der Waals surface area contributed by atoms with Crippen molar-refractivity contribution in [3.63, 3.8) is 0 Å². The van der Waals surface area contributed by atoms with Crippen LogP contribution in [-0.2, 0) is 9.59 Å². The van der Waals surface area contributed by atoms with Gasteiger partial charge < -0.3 is 0 Å². The molecule has 51 valence electrons. The average molecular weight is 135 g/mol. The first-order valence-corrected chi connectivity index (χ1v) is 2.23. The molecule has 10 heavy (non-hydrogen) atoms. The van der Waals surface area contributed by atoms with E-state index in [1.54, 1.807) is 0 Å². The van der Waals surface area contributed by atoms with Crippen LogP contribution in [0.15, 0.2) is 24.3 Å². The highest BCUT2D eigenvalue weighted by Gasteiger charge is 1.97. The van der Waals surface area contributed by atoms with Gasteiger partial charge in [0.2, 0.25) is 0 Å². The third-order valence-electron chi connectivity index (χ3n) is 0.824. The lowest BCUT2D eigenvalue weighted by molar-refractivity contribution is -0.113. The molecule has 0 aliphatic heterocycles. The molecule has 0 saturated heterocycles. The van der Waals surface area contributed by atoms with Gasteiger partial charge in [0, 0.05) is 8.41 Å². The van der Waals surface area contributed by atoms with E-state index in [0.717, 1.165) is 0 Å². The Morgan fingerprint density at radius 1 is 0.800 bits per heavy atom. The maximum absolute atomic E-state index is 10.3. The van der Waals surface area contributed by atoms with Crippen molar-refractivity contribution in [2.45, 2.75) is 7.43 Å². The number of hydrogen-bond donors (Lipinski definition) is 0. The summed E-state index contributed by atoms with van der Waals surface area (Å²) in [4.78, 5) is 20.6. The van der Waals surface area contributed by atoms with Crippen molar-refractivity contribution in [2.75, 3.05) is 0 Å². The van der Waals surface area contributed by atoms with Gasteiger partial charge in [-0.3, -0.25) is 9.59 Å². The second-order valence-corrected chi connectivity index (χ2v) is 1.47. The van der Waals surface area contributed by atoms with Gasteiger partial charge in [0.15, 0.2) is 11.6 Å². The summed E-state index contributed by atoms with van der Waals surface area (Å²) < 4.78 is 0. The van der Waals surface area contributed by atoms with Gasteiger partial charge in [-0.1, -0.05) is 7.43 Å². The quantitative estimate of drug-likeness (QED) is 0.358. The van der Waals surface area contributed by atoms with E-state index in [4.69, 9.17) is 0 Å². The van der Waals surface area contributed by atoms with Crippen molar-refractivity contribution < 1.29 is 9.59 Å². The fourth-order valence-corrected chi connectivity index (χ4v) is 0.440. The predicted molar refractivity (Wildman–Crippen MR) is 40.8 cm³/mol. The van der Waals surface area contributed by atoms with Gasteiger partial charge in [0.25, 0.3) is 0 Å². The van der Waals surface area contributed by atoms with Crippen molar-refractivity contribution in [1.82, 2.24) is 0 Å². The van der Waals surface area contributed by atoms with E-state index in [9.17, 15) is 9.59 Å². The molecular formula is C7H8BO2. The third-order valence-corrected chi connectivity index (χ3v) is 0.824. The Morgan fingerprint density at radius 2 is 1.00 bits per heavy atom. The smallest absolute Gasteiger partial charge is 0.178 e. The van der Waals surface area contributed by atoms with E-state index < -0.39 is 0 Å². The molecule has 0 heterocycles. The second kappa shape index (κ2) is 4.73. The van der Waals surface area contributed by atoms with Crippen LogP contribution in [-0.4, -0.2) is 20.0 Å². The lowest BCUT2D eigenvalue weighted by Crippen LogP contribution is -1.97. The Labute approximate surface area is 62.2 Å². The minimum Gasteiger partial charge on any atom is -0.290 e. The van der Waals surface area contributed by atoms with Crippen LogP contribution in [0.4, 0.5) is 0 Å². The van der Waals surface area contributed by atoms with Crippen LogP contribution < -0.4 is 0 Å². The average Bonchev–Trinajstić information content (AvgIpc) is 1.77. The van der Waals surface area contributed by atoms with Gasteiger partial charge in [0.1, 0.15) is 0 Å². The molecule has 1 rings (SSSR count). The zero-order valence-corrected chi connectivity index (χ0v) is 4.70. The Kier molecular flexibility index (Phi) is 5.52. The molecule has 3 radical (unpaired) electrons. The molecule has 0 bridgehead atoms. The van der Waals surface area contributed by atoms with Gasteiger partial charge in [-0.05, 0) is 24.3 Å². The summed E-state index contributed by atoms with van der Waals surface area (Å²) in [6.45, 7) is 0. The lowest BCUT2D eigenvalue weighted by atomic mass is 10.2. The van der Waals surface area contributed by atoms with Crippen LogP contribution in [0.3, 0.4) is 0 Å². The molecular weight excluding hydrogens is 127 g/mol. The SMILES string of the molecule is C.O=C1C=CC(=O)C=C1.[B]. The summed E-state index contributed by atoms with van der Waals surface area (Å²) in [5.41, 5.74) is 0. The van der Waals surface area contributed by atoms with Crippen LogP contribution in [0.2, 0.25) is 0 Å². The standard InChI is InChI=1S/C6H4O2.CH4.B/c7-5-1-2-6(8)4-3-5;;/h1-4H;1H4;. The van der Waals surface area contributed by atoms with E-state index in [1.165, 1.54) is 24.3 Å². The van der Waals surface area contributed by atoms with Crippen LogP contribution in [0.25, 0.3) is 0 Å². The van der Waals surface area contributed by atoms with Crippen LogP contribution in [0.1, 0.15) is 7.43 Å². The highest BCUT2D eigenvalue weighted by Crippen LogP contribution is 1.90. The van der Waals surface area contributed by atoms with Crippen molar-refractivity contribution in [1.29, 1.82) is 0 Å². The van der Waals surface area contributed by atoms with Crippen LogP contribution in [0, 0.1) is 0 Å². The Hall–Kier alpha value is -1.12. The minimum atomic E-state index is -0.121. The fraction of sp³-hybridized carbons (Fsp3) is 0.143. The topological polar surface area (TPSA) is 34.1 Å². The maximum atomic E-state index is 10.3. The Balaban J connectivity index is 0. The third kappa shape index (κ3) is 3.02.